The molecule has 0 bridgehead atoms. The van der Waals surface area contributed by atoms with Crippen LogP contribution in [0.2, 0.25) is 26.6 Å². The molecule has 0 spiro atoms. The molecule has 2 N–H and O–H groups in total. The minimum atomic E-state index is -2.27. The molecular weight excluding hydrogens is 854 g/mol. The zero-order chi connectivity index (χ0) is 37.8. The summed E-state index contributed by atoms with van der Waals surface area (Å²) in [6.07, 6.45) is 39.2. The Kier molecular flexibility index (Phi) is 23.1. The molecule has 0 aliphatic heterocycles. The predicted octanol–water partition coefficient (Wildman–Crippen LogP) is 14.8. The minimum absolute atomic E-state index is 0.729. The van der Waals surface area contributed by atoms with Crippen molar-refractivity contribution in [2.75, 3.05) is 13.1 Å². The first-order chi connectivity index (χ1) is 26.0. The Hall–Kier alpha value is 0.997. The normalized spacial score (nSPS) is 29.4. The molecule has 0 aromatic carbocycles. The molecule has 0 aromatic rings. The standard InChI is InChI=1S/C25H40N2.6C4H9.2Sn/c1-3-20-22-12-7-5-10-18(22)16-24(20)26-14-9-15-27-25-17-19-11-6-8-13-23(19)21(25)4-2;6*1-3-4-2;;/h1-4,18-27H,5-17H2;6*1,3-4H2,2H3;;/t18-,19-,20-,21-,22+,23+,24-,25+;;;;;;;;/m0......../s1. The van der Waals surface area contributed by atoms with Gasteiger partial charge in [0.15, 0.2) is 0 Å². The topological polar surface area (TPSA) is 24.1 Å². The van der Waals surface area contributed by atoms with Crippen molar-refractivity contribution < 1.29 is 0 Å². The van der Waals surface area contributed by atoms with Crippen LogP contribution in [0.4, 0.5) is 0 Å². The first-order valence-electron chi connectivity index (χ1n) is 24.8. The van der Waals surface area contributed by atoms with Gasteiger partial charge in [0.1, 0.15) is 0 Å². The molecule has 53 heavy (non-hydrogen) atoms. The summed E-state index contributed by atoms with van der Waals surface area (Å²) in [6, 6.07) is 1.46. The summed E-state index contributed by atoms with van der Waals surface area (Å²) in [7, 11) is 0. The number of rotatable bonds is 28. The van der Waals surface area contributed by atoms with Crippen LogP contribution < -0.4 is 10.6 Å². The molecule has 4 saturated carbocycles. The van der Waals surface area contributed by atoms with Crippen LogP contribution in [0.3, 0.4) is 0 Å². The van der Waals surface area contributed by atoms with Crippen LogP contribution in [0.1, 0.15) is 189 Å². The van der Waals surface area contributed by atoms with Crippen molar-refractivity contribution in [3.05, 3.63) is 20.3 Å². The van der Waals surface area contributed by atoms with Gasteiger partial charge in [0.25, 0.3) is 0 Å². The molecule has 4 fully saturated rings. The van der Waals surface area contributed by atoms with Crippen molar-refractivity contribution in [1.82, 2.24) is 10.6 Å². The van der Waals surface area contributed by atoms with Crippen LogP contribution in [0.5, 0.6) is 0 Å². The molecule has 308 valence electrons. The summed E-state index contributed by atoms with van der Waals surface area (Å²) in [4.78, 5) is 0. The molecule has 4 heteroatoms. The van der Waals surface area contributed by atoms with E-state index < -0.39 is 36.8 Å². The molecule has 0 amide bonds. The zero-order valence-electron chi connectivity index (χ0n) is 36.8. The van der Waals surface area contributed by atoms with Gasteiger partial charge in [-0.25, -0.2) is 0 Å². The average Bonchev–Trinajstić information content (AvgIpc) is 3.73. The monoisotopic (exact) mass is 951 g/mol. The zero-order valence-corrected chi connectivity index (χ0v) is 42.6. The average molecular weight is 949 g/mol. The second-order valence-electron chi connectivity index (χ2n) is 19.6. The van der Waals surface area contributed by atoms with E-state index in [9.17, 15) is 0 Å². The van der Waals surface area contributed by atoms with Crippen LogP contribution in [0, 0.1) is 35.5 Å². The summed E-state index contributed by atoms with van der Waals surface area (Å²) in [5.74, 6) is 5.51. The quantitative estimate of drug-likeness (QED) is 0.0603. The fourth-order valence-corrected chi connectivity index (χ4v) is 41.2. The molecule has 2 nitrogen and oxygen atoms in total. The van der Waals surface area contributed by atoms with Gasteiger partial charge in [-0.15, -0.1) is 0 Å². The molecule has 0 heterocycles. The Balaban J connectivity index is 1.40. The molecule has 0 saturated heterocycles. The number of hydrogen-bond donors (Lipinski definition) is 2. The second-order valence-corrected chi connectivity index (χ2v) is 45.6. The Morgan fingerprint density at radius 2 is 0.755 bits per heavy atom. The fourth-order valence-electron chi connectivity index (χ4n) is 12.3. The van der Waals surface area contributed by atoms with Gasteiger partial charge in [-0.2, -0.15) is 0 Å². The maximum atomic E-state index is 4.27. The fraction of sp³-hybridized carbons (Fsp3) is 0.918. The van der Waals surface area contributed by atoms with Crippen molar-refractivity contribution in [3.63, 3.8) is 0 Å². The molecular formula is C49H94N2Sn2. The van der Waals surface area contributed by atoms with Gasteiger partial charge in [-0.05, 0) is 0 Å². The summed E-state index contributed by atoms with van der Waals surface area (Å²) in [6.45, 7) is 17.0. The predicted molar refractivity (Wildman–Crippen MR) is 243 cm³/mol. The van der Waals surface area contributed by atoms with Crippen molar-refractivity contribution in [2.45, 2.75) is 228 Å². The summed E-state index contributed by atoms with van der Waals surface area (Å²) < 4.78 is 15.8. The van der Waals surface area contributed by atoms with Gasteiger partial charge in [0.2, 0.25) is 0 Å². The van der Waals surface area contributed by atoms with E-state index in [2.05, 4.69) is 72.5 Å². The summed E-state index contributed by atoms with van der Waals surface area (Å²) in [5.41, 5.74) is 0. The van der Waals surface area contributed by atoms with Crippen LogP contribution >= 0.6 is 0 Å². The van der Waals surface area contributed by atoms with E-state index in [0.717, 1.165) is 47.6 Å². The number of hydrogen-bond acceptors (Lipinski definition) is 2. The van der Waals surface area contributed by atoms with Gasteiger partial charge >= 0.3 is 344 Å². The van der Waals surface area contributed by atoms with E-state index in [-0.39, 0.29) is 0 Å². The van der Waals surface area contributed by atoms with Crippen LogP contribution in [0.25, 0.3) is 0 Å². The van der Waals surface area contributed by atoms with E-state index in [0.29, 0.717) is 0 Å². The number of unbranched alkanes of at least 4 members (excludes halogenated alkanes) is 6. The van der Waals surface area contributed by atoms with Crippen LogP contribution in [-0.2, 0) is 0 Å². The molecule has 4 rings (SSSR count). The van der Waals surface area contributed by atoms with Crippen molar-refractivity contribution in [1.29, 1.82) is 0 Å². The van der Waals surface area contributed by atoms with E-state index in [1.807, 2.05) is 0 Å². The van der Waals surface area contributed by atoms with Crippen molar-refractivity contribution in [3.8, 4) is 0 Å². The van der Waals surface area contributed by atoms with E-state index in [4.69, 9.17) is 0 Å². The number of nitrogens with one attached hydrogen (secondary N) is 2. The summed E-state index contributed by atoms with van der Waals surface area (Å²) in [5, 5.41) is 8.54. The van der Waals surface area contributed by atoms with Crippen molar-refractivity contribution in [2.24, 2.45) is 35.5 Å². The Morgan fingerprint density at radius 3 is 1.08 bits per heavy atom. The molecule has 0 aromatic heterocycles. The van der Waals surface area contributed by atoms with Gasteiger partial charge in [0.05, 0.1) is 0 Å². The Labute approximate surface area is 341 Å². The van der Waals surface area contributed by atoms with E-state index >= 15 is 0 Å². The van der Waals surface area contributed by atoms with Crippen molar-refractivity contribution >= 4 is 36.8 Å². The third-order valence-corrected chi connectivity index (χ3v) is 43.9. The summed E-state index contributed by atoms with van der Waals surface area (Å²) >= 11 is -4.54. The number of fused-ring (bicyclic) bond motifs is 2. The maximum absolute atomic E-state index is 4.27. The first kappa shape index (κ1) is 46.7. The third-order valence-electron chi connectivity index (χ3n) is 15.6. The first-order valence-corrected chi connectivity index (χ1v) is 40.2. The Bertz CT molecular complexity index is 887. The molecule has 8 atom stereocenters. The van der Waals surface area contributed by atoms with Gasteiger partial charge < -0.3 is 0 Å². The van der Waals surface area contributed by atoms with E-state index in [1.165, 1.54) is 161 Å². The van der Waals surface area contributed by atoms with Crippen LogP contribution in [0.15, 0.2) is 20.3 Å². The van der Waals surface area contributed by atoms with Crippen LogP contribution in [-0.4, -0.2) is 61.9 Å². The van der Waals surface area contributed by atoms with E-state index in [1.54, 1.807) is 26.6 Å². The molecule has 0 radical (unpaired) electrons. The SMILES string of the molecule is CCC[CH2][Sn](/[CH]=C/[C@H]1[C@@H]2CCCC[C@H]2C[C@@H]1NCCCN[C@@H]1C[C@@H]2CCCC[C@H]2[C@@H]1/C=[CH]/[Sn]([CH2]CCC)([CH2]CCC)[CH2]CCC)([CH2]CCC)[CH2]CCC. The Morgan fingerprint density at radius 1 is 0.434 bits per heavy atom. The third kappa shape index (κ3) is 14.6. The molecule has 4 aliphatic carbocycles. The van der Waals surface area contributed by atoms with Gasteiger partial charge in [-0.3, -0.25) is 0 Å². The van der Waals surface area contributed by atoms with Gasteiger partial charge in [0, 0.05) is 0 Å². The van der Waals surface area contributed by atoms with Gasteiger partial charge in [-0.1, -0.05) is 0 Å². The molecule has 0 unspecified atom stereocenters. The molecule has 4 aliphatic rings. The second kappa shape index (κ2) is 26.2.